The Kier molecular flexibility index (Phi) is 7.78. The van der Waals surface area contributed by atoms with E-state index in [1.54, 1.807) is 18.2 Å². The number of hydrogen-bond donors (Lipinski definition) is 4. The van der Waals surface area contributed by atoms with E-state index in [1.807, 2.05) is 6.07 Å². The fourth-order valence-electron chi connectivity index (χ4n) is 3.21. The first kappa shape index (κ1) is 25.5. The monoisotopic (exact) mass is 498 g/mol. The quantitative estimate of drug-likeness (QED) is 0.239. The Balaban J connectivity index is 0.000000588. The van der Waals surface area contributed by atoms with Crippen LogP contribution in [0.25, 0.3) is 11.2 Å². The average molecular weight is 499 g/mol. The molecule has 0 aliphatic carbocycles. The third-order valence-electron chi connectivity index (χ3n) is 4.75. The average Bonchev–Trinajstić information content (AvgIpc) is 3.34. The van der Waals surface area contributed by atoms with Crippen molar-refractivity contribution in [2.45, 2.75) is 31.1 Å². The molecule has 3 aromatic rings. The number of aliphatic hydroxyl groups is 3. The van der Waals surface area contributed by atoms with Gasteiger partial charge >= 0.3 is 0 Å². The van der Waals surface area contributed by atoms with Gasteiger partial charge in [0.15, 0.2) is 12.8 Å². The summed E-state index contributed by atoms with van der Waals surface area (Å²) in [6.07, 6.45) is -1.64. The van der Waals surface area contributed by atoms with E-state index in [0.29, 0.717) is 16.7 Å². The molecule has 15 nitrogen and oxygen atoms in total. The molecule has 2 aromatic heterocycles. The molecule has 182 valence electrons. The third-order valence-corrected chi connectivity index (χ3v) is 4.75. The van der Waals surface area contributed by atoms with Crippen LogP contribution in [0.15, 0.2) is 36.9 Å². The summed E-state index contributed by atoms with van der Waals surface area (Å²) in [5.74, 6) is 0.178. The first-order valence-electron chi connectivity index (χ1n) is 9.42. The fourth-order valence-corrected chi connectivity index (χ4v) is 3.21. The van der Waals surface area contributed by atoms with Crippen LogP contribution < -0.4 is 33.9 Å². The number of nitrogens with zero attached hydrogens (tertiary/aromatic N) is 5. The number of aromatic nitrogens is 4. The first-order valence-corrected chi connectivity index (χ1v) is 10.7. The van der Waals surface area contributed by atoms with Crippen molar-refractivity contribution in [3.63, 3.8) is 0 Å². The molecule has 3 heterocycles. The number of fused-ring (bicyclic) bond motifs is 1. The second-order valence-corrected chi connectivity index (χ2v) is 7.73. The highest BCUT2D eigenvalue weighted by Gasteiger charge is 2.44. The van der Waals surface area contributed by atoms with Gasteiger partial charge in [0.1, 0.15) is 24.6 Å². The molecule has 0 unspecified atom stereocenters. The summed E-state index contributed by atoms with van der Waals surface area (Å²) in [5.41, 5.74) is 8.09. The van der Waals surface area contributed by atoms with Crippen LogP contribution in [-0.2, 0) is 11.3 Å². The van der Waals surface area contributed by atoms with Crippen molar-refractivity contribution < 1.29 is 58.5 Å². The van der Waals surface area contributed by atoms with Crippen LogP contribution in [0.3, 0.4) is 0 Å². The fraction of sp³-hybridized carbons (Fsp3) is 0.333. The van der Waals surface area contributed by atoms with Gasteiger partial charge in [-0.1, -0.05) is 21.8 Å². The molecule has 1 aliphatic heterocycles. The van der Waals surface area contributed by atoms with Gasteiger partial charge < -0.3 is 30.6 Å². The molecule has 16 heteroatoms. The largest absolute Gasteiger partial charge is 0.394 e. The molecule has 34 heavy (non-hydrogen) atoms. The predicted octanol–water partition coefficient (Wildman–Crippen LogP) is -6.34. The number of nitrogens with two attached hydrogens (primary N) is 1. The van der Waals surface area contributed by atoms with Crippen LogP contribution in [0.2, 0.25) is 0 Å². The van der Waals surface area contributed by atoms with Crippen molar-refractivity contribution in [1.29, 1.82) is 5.26 Å². The number of imidazole rings is 1. The number of rotatable bonds is 5. The summed E-state index contributed by atoms with van der Waals surface area (Å²) in [6.45, 7) is -0.273. The maximum absolute atomic E-state index is 10.2. The number of nitrogen functional groups attached to an aromatic ring is 1. The minimum Gasteiger partial charge on any atom is -0.394 e. The number of aliphatic hydroxyl groups excluding tert-OH is 3. The van der Waals surface area contributed by atoms with Gasteiger partial charge in [-0.15, -0.1) is 10.2 Å². The molecule has 4 atom stereocenters. The van der Waals surface area contributed by atoms with Gasteiger partial charge in [0, 0.05) is 0 Å². The molecular formula is C18H19ClN6O9. The summed E-state index contributed by atoms with van der Waals surface area (Å²) < 4.78 is 42.2. The molecule has 1 fully saturated rings. The Morgan fingerprint density at radius 2 is 1.94 bits per heavy atom. The van der Waals surface area contributed by atoms with Gasteiger partial charge in [0.2, 0.25) is 11.2 Å². The molecule has 4 rings (SSSR count). The summed E-state index contributed by atoms with van der Waals surface area (Å²) in [6, 6.07) is 9.05. The van der Waals surface area contributed by atoms with Crippen molar-refractivity contribution in [2.75, 3.05) is 12.3 Å². The van der Waals surface area contributed by atoms with Crippen LogP contribution in [0.4, 0.5) is 5.82 Å². The van der Waals surface area contributed by atoms with Crippen molar-refractivity contribution in [3.05, 3.63) is 48.0 Å². The van der Waals surface area contributed by atoms with E-state index in [1.165, 1.54) is 22.0 Å². The van der Waals surface area contributed by atoms with Gasteiger partial charge in [0.25, 0.3) is 12.1 Å². The maximum atomic E-state index is 10.2. The molecule has 1 aliphatic rings. The summed E-state index contributed by atoms with van der Waals surface area (Å²) in [5, 5.41) is 38.4. The van der Waals surface area contributed by atoms with E-state index in [-0.39, 0.29) is 12.4 Å². The lowest BCUT2D eigenvalue weighted by molar-refractivity contribution is -2.00. The third kappa shape index (κ3) is 5.84. The summed E-state index contributed by atoms with van der Waals surface area (Å²) >= 11 is 0. The number of hydrogen-bond acceptors (Lipinski definition) is 13. The smallest absolute Gasteiger partial charge is 0.289 e. The van der Waals surface area contributed by atoms with Crippen LogP contribution in [0.1, 0.15) is 17.4 Å². The number of halogens is 1. The second-order valence-electron chi connectivity index (χ2n) is 6.97. The molecular weight excluding hydrogens is 480 g/mol. The van der Waals surface area contributed by atoms with E-state index in [4.69, 9.17) is 39.2 Å². The van der Waals surface area contributed by atoms with E-state index in [2.05, 4.69) is 16.0 Å². The zero-order valence-corrected chi connectivity index (χ0v) is 17.9. The molecule has 0 bridgehead atoms. The van der Waals surface area contributed by atoms with Crippen LogP contribution in [0.5, 0.6) is 0 Å². The van der Waals surface area contributed by atoms with Gasteiger partial charge in [-0.05, 0) is 17.7 Å². The first-order chi connectivity index (χ1) is 16.0. The van der Waals surface area contributed by atoms with E-state index in [0.717, 1.165) is 5.56 Å². The van der Waals surface area contributed by atoms with Gasteiger partial charge in [-0.25, -0.2) is 23.6 Å². The molecule has 0 amide bonds. The molecule has 0 spiro atoms. The number of benzene rings is 1. The van der Waals surface area contributed by atoms with Crippen molar-refractivity contribution in [3.8, 4) is 6.07 Å². The topological polar surface area (TPSA) is 256 Å². The standard InChI is InChI=1S/C18H18N6O5.ClHO4/c19-5-10-2-1-3-11(4-10)7-28-24-9-22-17-13(16(24)20)21-8-23(17)18-15(27)14(26)12(6-25)29-18;2-1(3,4)5/h1-4,8-9,12,14-15,18,20,25-27H,6-7H2;(H,2,3,4,5)/t12-,14-,15-,18-;/m1./s1. The second kappa shape index (κ2) is 10.4. The van der Waals surface area contributed by atoms with Crippen molar-refractivity contribution in [2.24, 2.45) is 0 Å². The highest BCUT2D eigenvalue weighted by atomic mass is 35.7. The van der Waals surface area contributed by atoms with E-state index in [9.17, 15) is 15.3 Å². The normalized spacial score (nSPS) is 22.2. The Morgan fingerprint density at radius 3 is 2.56 bits per heavy atom. The van der Waals surface area contributed by atoms with Gasteiger partial charge in [0.05, 0.1) is 18.2 Å². The SMILES string of the molecule is N#Cc1cccc(CO[n+]2cnc3c(ncn3[C@@H]3O[C@H](CO)[C@@H](O)[C@H]3O)c2N)c1.[O-][Cl+3]([O-])([O-])[O-]. The number of nitriles is 1. The number of ether oxygens (including phenoxy) is 1. The molecule has 1 aromatic carbocycles. The van der Waals surface area contributed by atoms with Crippen LogP contribution >= 0.6 is 0 Å². The number of anilines is 1. The Bertz CT molecular complexity index is 1170. The van der Waals surface area contributed by atoms with E-state index < -0.39 is 41.4 Å². The summed E-state index contributed by atoms with van der Waals surface area (Å²) in [4.78, 5) is 14.1. The Morgan fingerprint density at radius 1 is 1.24 bits per heavy atom. The Hall–Kier alpha value is -3.17. The molecule has 5 N–H and O–H groups in total. The molecule has 0 saturated carbocycles. The predicted molar refractivity (Wildman–Crippen MR) is 96.6 cm³/mol. The van der Waals surface area contributed by atoms with Gasteiger partial charge in [-0.3, -0.25) is 4.57 Å². The molecule has 1 saturated heterocycles. The minimum atomic E-state index is -4.94. The minimum absolute atomic E-state index is 0.160. The highest BCUT2D eigenvalue weighted by molar-refractivity contribution is 5.79. The zero-order chi connectivity index (χ0) is 25.0. The van der Waals surface area contributed by atoms with Crippen molar-refractivity contribution in [1.82, 2.24) is 14.5 Å². The maximum Gasteiger partial charge on any atom is 0.289 e. The molecule has 0 radical (unpaired) electrons. The zero-order valence-electron chi connectivity index (χ0n) is 17.2. The highest BCUT2D eigenvalue weighted by Crippen LogP contribution is 2.31. The Labute approximate surface area is 193 Å². The van der Waals surface area contributed by atoms with Crippen molar-refractivity contribution >= 4 is 17.0 Å². The lowest BCUT2D eigenvalue weighted by Crippen LogP contribution is -2.68. The van der Waals surface area contributed by atoms with Gasteiger partial charge in [-0.2, -0.15) is 5.26 Å². The van der Waals surface area contributed by atoms with E-state index >= 15 is 0 Å². The summed E-state index contributed by atoms with van der Waals surface area (Å²) in [7, 11) is -4.94. The lowest BCUT2D eigenvalue weighted by atomic mass is 10.1. The lowest BCUT2D eigenvalue weighted by Gasteiger charge is -2.17. The van der Waals surface area contributed by atoms with Crippen LogP contribution in [-0.4, -0.2) is 54.8 Å². The van der Waals surface area contributed by atoms with Crippen LogP contribution in [0, 0.1) is 21.6 Å².